The van der Waals surface area contributed by atoms with Gasteiger partial charge in [0.15, 0.2) is 0 Å². The largest absolute Gasteiger partial charge is 0.422 e. The lowest BCUT2D eigenvalue weighted by atomic mass is 9.85. The van der Waals surface area contributed by atoms with Crippen LogP contribution >= 0.6 is 24.2 Å². The fourth-order valence-corrected chi connectivity index (χ4v) is 3.08. The second-order valence-electron chi connectivity index (χ2n) is 5.62. The van der Waals surface area contributed by atoms with Crippen molar-refractivity contribution in [1.82, 2.24) is 5.32 Å². The van der Waals surface area contributed by atoms with E-state index in [1.807, 2.05) is 0 Å². The van der Waals surface area contributed by atoms with Crippen LogP contribution < -0.4 is 10.6 Å². The molecular formula is C15H14ClF3N2S. The van der Waals surface area contributed by atoms with Crippen molar-refractivity contribution in [3.05, 3.63) is 22.7 Å². The van der Waals surface area contributed by atoms with Gasteiger partial charge in [-0.15, -0.1) is 12.6 Å². The summed E-state index contributed by atoms with van der Waals surface area (Å²) in [6.07, 6.45) is -3.48. The predicted octanol–water partition coefficient (Wildman–Crippen LogP) is 4.16. The van der Waals surface area contributed by atoms with Crippen molar-refractivity contribution >= 4 is 29.9 Å². The number of hydrogen-bond donors (Lipinski definition) is 3. The zero-order valence-corrected chi connectivity index (χ0v) is 13.3. The van der Waals surface area contributed by atoms with E-state index in [0.717, 1.165) is 12.8 Å². The Balaban J connectivity index is 2.26. The molecule has 1 fully saturated rings. The van der Waals surface area contributed by atoms with Gasteiger partial charge in [0.1, 0.15) is 0 Å². The van der Waals surface area contributed by atoms with Crippen LogP contribution in [0.2, 0.25) is 5.02 Å². The topological polar surface area (TPSA) is 24.1 Å². The van der Waals surface area contributed by atoms with Gasteiger partial charge >= 0.3 is 6.18 Å². The van der Waals surface area contributed by atoms with Gasteiger partial charge in [-0.3, -0.25) is 5.32 Å². The first-order valence-electron chi connectivity index (χ1n) is 6.90. The Bertz CT molecular complexity index is 676. The van der Waals surface area contributed by atoms with E-state index in [1.165, 1.54) is 12.1 Å². The molecule has 2 nitrogen and oxygen atoms in total. The molecule has 0 radical (unpaired) electrons. The molecule has 1 aromatic carbocycles. The van der Waals surface area contributed by atoms with Gasteiger partial charge < -0.3 is 5.32 Å². The van der Waals surface area contributed by atoms with E-state index < -0.39 is 17.9 Å². The molecule has 1 heterocycles. The van der Waals surface area contributed by atoms with Gasteiger partial charge in [-0.25, -0.2) is 0 Å². The van der Waals surface area contributed by atoms with Crippen LogP contribution in [0.1, 0.15) is 25.3 Å². The molecule has 2 unspecified atom stereocenters. The smallest absolute Gasteiger partial charge is 0.370 e. The van der Waals surface area contributed by atoms with Gasteiger partial charge in [0.05, 0.1) is 11.2 Å². The normalized spacial score (nSPS) is 27.5. The molecule has 1 saturated carbocycles. The van der Waals surface area contributed by atoms with E-state index in [0.29, 0.717) is 5.69 Å². The highest BCUT2D eigenvalue weighted by Crippen LogP contribution is 2.48. The maximum atomic E-state index is 14.0. The molecule has 0 bridgehead atoms. The van der Waals surface area contributed by atoms with Gasteiger partial charge in [0, 0.05) is 22.1 Å². The van der Waals surface area contributed by atoms with Gasteiger partial charge in [-0.05, 0) is 31.9 Å². The molecule has 0 amide bonds. The summed E-state index contributed by atoms with van der Waals surface area (Å²) in [7, 11) is 0. The van der Waals surface area contributed by atoms with Crippen LogP contribution in [0.25, 0.3) is 0 Å². The SMILES string of the molecule is CC1Nc2ccc(Cl)c(S)c2C(C#CC2CC2)(C(F)(F)F)N1. The summed E-state index contributed by atoms with van der Waals surface area (Å²) in [5.41, 5.74) is -2.16. The molecule has 2 atom stereocenters. The van der Waals surface area contributed by atoms with Gasteiger partial charge in [-0.1, -0.05) is 23.4 Å². The van der Waals surface area contributed by atoms with Crippen LogP contribution in [0.5, 0.6) is 0 Å². The van der Waals surface area contributed by atoms with Gasteiger partial charge in [0.2, 0.25) is 5.54 Å². The third-order valence-corrected chi connectivity index (χ3v) is 4.69. The van der Waals surface area contributed by atoms with Crippen molar-refractivity contribution in [2.45, 2.75) is 42.5 Å². The molecular weight excluding hydrogens is 333 g/mol. The van der Waals surface area contributed by atoms with Crippen molar-refractivity contribution < 1.29 is 13.2 Å². The lowest BCUT2D eigenvalue weighted by Crippen LogP contribution is -2.61. The Kier molecular flexibility index (Phi) is 3.79. The van der Waals surface area contributed by atoms with E-state index >= 15 is 0 Å². The minimum Gasteiger partial charge on any atom is -0.370 e. The average Bonchev–Trinajstić information content (AvgIpc) is 3.23. The highest BCUT2D eigenvalue weighted by atomic mass is 35.5. The Hall–Kier alpha value is -1.03. The molecule has 118 valence electrons. The van der Waals surface area contributed by atoms with E-state index in [2.05, 4.69) is 35.1 Å². The molecule has 0 saturated heterocycles. The van der Waals surface area contributed by atoms with Crippen molar-refractivity contribution in [1.29, 1.82) is 0 Å². The van der Waals surface area contributed by atoms with Crippen LogP contribution in [0, 0.1) is 17.8 Å². The van der Waals surface area contributed by atoms with Crippen LogP contribution in [0.3, 0.4) is 0 Å². The van der Waals surface area contributed by atoms with Crippen molar-refractivity contribution in [3.63, 3.8) is 0 Å². The summed E-state index contributed by atoms with van der Waals surface area (Å²) in [6, 6.07) is 3.07. The maximum Gasteiger partial charge on any atom is 0.422 e. The first-order chi connectivity index (χ1) is 10.2. The second kappa shape index (κ2) is 5.26. The summed E-state index contributed by atoms with van der Waals surface area (Å²) in [5, 5.41) is 5.70. The fraction of sp³-hybridized carbons (Fsp3) is 0.467. The Morgan fingerprint density at radius 1 is 1.36 bits per heavy atom. The molecule has 3 rings (SSSR count). The van der Waals surface area contributed by atoms with Crippen LogP contribution in [0.4, 0.5) is 18.9 Å². The third kappa shape index (κ3) is 2.55. The molecule has 1 aromatic rings. The zero-order valence-electron chi connectivity index (χ0n) is 11.7. The van der Waals surface area contributed by atoms with Crippen molar-refractivity contribution in [2.24, 2.45) is 5.92 Å². The second-order valence-corrected chi connectivity index (χ2v) is 6.47. The monoisotopic (exact) mass is 346 g/mol. The number of nitrogens with one attached hydrogen (secondary N) is 2. The molecule has 1 aliphatic carbocycles. The molecule has 2 aliphatic rings. The molecule has 0 aromatic heterocycles. The standard InChI is InChI=1S/C15H14ClF3N2S/c1-8-20-11-5-4-10(16)13(22)12(11)14(21-8,15(17,18)19)7-6-9-2-3-9/h4-5,8-9,20-22H,2-3H2,1H3. The molecule has 2 N–H and O–H groups in total. The highest BCUT2D eigenvalue weighted by Gasteiger charge is 2.59. The quantitative estimate of drug-likeness (QED) is 0.485. The summed E-state index contributed by atoms with van der Waals surface area (Å²) >= 11 is 10.2. The van der Waals surface area contributed by atoms with E-state index in [4.69, 9.17) is 11.6 Å². The molecule has 0 spiro atoms. The minimum absolute atomic E-state index is 0.0530. The summed E-state index contributed by atoms with van der Waals surface area (Å²) in [6.45, 7) is 1.62. The number of fused-ring (bicyclic) bond motifs is 1. The van der Waals surface area contributed by atoms with E-state index in [9.17, 15) is 13.2 Å². The number of thiol groups is 1. The third-order valence-electron chi connectivity index (χ3n) is 3.78. The Morgan fingerprint density at radius 3 is 2.64 bits per heavy atom. The van der Waals surface area contributed by atoms with Crippen molar-refractivity contribution in [3.8, 4) is 11.8 Å². The van der Waals surface area contributed by atoms with E-state index in [1.54, 1.807) is 6.92 Å². The maximum absolute atomic E-state index is 14.0. The first-order valence-corrected chi connectivity index (χ1v) is 7.73. The number of alkyl halides is 3. The predicted molar refractivity (Wildman–Crippen MR) is 83.2 cm³/mol. The minimum atomic E-state index is -4.60. The number of anilines is 1. The Labute approximate surface area is 137 Å². The molecule has 7 heteroatoms. The number of rotatable bonds is 0. The summed E-state index contributed by atoms with van der Waals surface area (Å²) in [4.78, 5) is 0.0912. The van der Waals surface area contributed by atoms with Gasteiger partial charge in [0.25, 0.3) is 0 Å². The fourth-order valence-electron chi connectivity index (χ4n) is 2.56. The molecule has 22 heavy (non-hydrogen) atoms. The zero-order chi connectivity index (χ0) is 16.1. The lowest BCUT2D eigenvalue weighted by Gasteiger charge is -2.42. The molecule has 1 aliphatic heterocycles. The average molecular weight is 347 g/mol. The van der Waals surface area contributed by atoms with E-state index in [-0.39, 0.29) is 21.4 Å². The van der Waals surface area contributed by atoms with Crippen molar-refractivity contribution in [2.75, 3.05) is 5.32 Å². The van der Waals surface area contributed by atoms with Crippen LogP contribution in [-0.2, 0) is 5.54 Å². The number of hydrogen-bond acceptors (Lipinski definition) is 3. The van der Waals surface area contributed by atoms with Crippen LogP contribution in [-0.4, -0.2) is 12.3 Å². The van der Waals surface area contributed by atoms with Crippen LogP contribution in [0.15, 0.2) is 17.0 Å². The first kappa shape index (κ1) is 15.9. The summed E-state index contributed by atoms with van der Waals surface area (Å²) in [5.74, 6) is 5.26. The number of halogens is 4. The Morgan fingerprint density at radius 2 is 2.05 bits per heavy atom. The lowest BCUT2D eigenvalue weighted by molar-refractivity contribution is -0.185. The summed E-state index contributed by atoms with van der Waals surface area (Å²) < 4.78 is 41.9. The highest BCUT2D eigenvalue weighted by molar-refractivity contribution is 7.80. The van der Waals surface area contributed by atoms with Gasteiger partial charge in [-0.2, -0.15) is 13.2 Å². The number of benzene rings is 1.